The van der Waals surface area contributed by atoms with Crippen molar-refractivity contribution >= 4 is 35.5 Å². The Kier molecular flexibility index (Phi) is 6.87. The van der Waals surface area contributed by atoms with Crippen molar-refractivity contribution < 1.29 is 28.3 Å². The van der Waals surface area contributed by atoms with E-state index in [1.165, 1.54) is 36.1 Å². The second-order valence-electron chi connectivity index (χ2n) is 5.16. The third-order valence-corrected chi connectivity index (χ3v) is 4.64. The van der Waals surface area contributed by atoms with Gasteiger partial charge in [0.05, 0.1) is 26.5 Å². The van der Waals surface area contributed by atoms with E-state index < -0.39 is 17.1 Å². The molecule has 10 heteroatoms. The molecule has 1 atom stereocenters. The van der Waals surface area contributed by atoms with Crippen LogP contribution < -0.4 is 10.6 Å². The van der Waals surface area contributed by atoms with Crippen LogP contribution in [0.4, 0.5) is 0 Å². The van der Waals surface area contributed by atoms with Gasteiger partial charge < -0.3 is 24.7 Å². The molecule has 25 heavy (non-hydrogen) atoms. The number of esters is 1. The third-order valence-electron chi connectivity index (χ3n) is 3.47. The highest BCUT2D eigenvalue weighted by Crippen LogP contribution is 2.19. The van der Waals surface area contributed by atoms with Crippen molar-refractivity contribution in [2.24, 2.45) is 0 Å². The lowest BCUT2D eigenvalue weighted by molar-refractivity contribution is -0.141. The van der Waals surface area contributed by atoms with Crippen LogP contribution in [0.5, 0.6) is 0 Å². The number of rotatable bonds is 6. The van der Waals surface area contributed by atoms with Crippen LogP contribution in [0.2, 0.25) is 0 Å². The standard InChI is InChI=1S/C15H19N3O6S/c1-23-15(22)11-9-18(4-6-25-11)13(20)8-16-12(19)7-17-14(21)10-3-2-5-24-10/h2-3,5,11H,4,6-9H2,1H3,(H,16,19)(H,17,21)/t11-/m1/s1. The summed E-state index contributed by atoms with van der Waals surface area (Å²) in [7, 11) is 1.31. The summed E-state index contributed by atoms with van der Waals surface area (Å²) in [5.74, 6) is -0.946. The van der Waals surface area contributed by atoms with E-state index in [2.05, 4.69) is 15.4 Å². The fraction of sp³-hybridized carbons (Fsp3) is 0.467. The maximum absolute atomic E-state index is 12.1. The van der Waals surface area contributed by atoms with E-state index in [1.807, 2.05) is 0 Å². The zero-order valence-corrected chi connectivity index (χ0v) is 14.5. The number of methoxy groups -OCH3 is 1. The number of furan rings is 1. The fourth-order valence-electron chi connectivity index (χ4n) is 2.15. The predicted octanol–water partition coefficient (Wildman–Crippen LogP) is -0.757. The van der Waals surface area contributed by atoms with Crippen molar-refractivity contribution in [2.75, 3.05) is 39.0 Å². The number of nitrogens with one attached hydrogen (secondary N) is 2. The van der Waals surface area contributed by atoms with Crippen LogP contribution >= 0.6 is 11.8 Å². The Hall–Kier alpha value is -2.49. The molecule has 9 nitrogen and oxygen atoms in total. The molecule has 2 rings (SSSR count). The van der Waals surface area contributed by atoms with Gasteiger partial charge >= 0.3 is 5.97 Å². The van der Waals surface area contributed by atoms with Crippen molar-refractivity contribution in [1.82, 2.24) is 15.5 Å². The average molecular weight is 369 g/mol. The molecule has 1 aromatic heterocycles. The molecule has 1 aliphatic heterocycles. The molecule has 3 amide bonds. The predicted molar refractivity (Wildman–Crippen MR) is 88.9 cm³/mol. The molecule has 1 fully saturated rings. The Morgan fingerprint density at radius 3 is 2.80 bits per heavy atom. The number of amides is 3. The first kappa shape index (κ1) is 18.8. The van der Waals surface area contributed by atoms with Gasteiger partial charge in [-0.1, -0.05) is 0 Å². The van der Waals surface area contributed by atoms with E-state index in [4.69, 9.17) is 4.42 Å². The Balaban J connectivity index is 1.71. The zero-order chi connectivity index (χ0) is 18.2. The smallest absolute Gasteiger partial charge is 0.320 e. The van der Waals surface area contributed by atoms with Gasteiger partial charge in [-0.15, -0.1) is 11.8 Å². The summed E-state index contributed by atoms with van der Waals surface area (Å²) in [6.07, 6.45) is 1.35. The molecule has 0 unspecified atom stereocenters. The highest BCUT2D eigenvalue weighted by Gasteiger charge is 2.29. The van der Waals surface area contributed by atoms with Crippen LogP contribution in [0.1, 0.15) is 10.6 Å². The molecule has 0 aliphatic carbocycles. The number of carbonyl (C=O) groups excluding carboxylic acids is 4. The summed E-state index contributed by atoms with van der Waals surface area (Å²) in [6, 6.07) is 3.04. The second-order valence-corrected chi connectivity index (χ2v) is 6.47. The fourth-order valence-corrected chi connectivity index (χ4v) is 3.28. The van der Waals surface area contributed by atoms with Crippen molar-refractivity contribution in [3.05, 3.63) is 24.2 Å². The van der Waals surface area contributed by atoms with E-state index >= 15 is 0 Å². The highest BCUT2D eigenvalue weighted by atomic mass is 32.2. The molecule has 1 saturated heterocycles. The lowest BCUT2D eigenvalue weighted by Gasteiger charge is -2.31. The molecule has 1 aliphatic rings. The van der Waals surface area contributed by atoms with Crippen LogP contribution in [0.25, 0.3) is 0 Å². The van der Waals surface area contributed by atoms with E-state index in [1.54, 1.807) is 6.07 Å². The summed E-state index contributed by atoms with van der Waals surface area (Å²) in [4.78, 5) is 48.5. The van der Waals surface area contributed by atoms with Crippen molar-refractivity contribution in [1.29, 1.82) is 0 Å². The largest absolute Gasteiger partial charge is 0.468 e. The molecule has 136 valence electrons. The van der Waals surface area contributed by atoms with Gasteiger partial charge in [0.15, 0.2) is 5.76 Å². The van der Waals surface area contributed by atoms with Crippen LogP contribution in [0.3, 0.4) is 0 Å². The third kappa shape index (κ3) is 5.52. The Morgan fingerprint density at radius 2 is 2.12 bits per heavy atom. The Labute approximate surface area is 148 Å². The SMILES string of the molecule is COC(=O)[C@H]1CN(C(=O)CNC(=O)CNC(=O)c2ccco2)CCS1. The van der Waals surface area contributed by atoms with E-state index in [0.717, 1.165) is 0 Å². The van der Waals surface area contributed by atoms with Gasteiger partial charge in [0.25, 0.3) is 5.91 Å². The molecule has 2 heterocycles. The van der Waals surface area contributed by atoms with Gasteiger partial charge in [-0.05, 0) is 12.1 Å². The molecular formula is C15H19N3O6S. The number of thioether (sulfide) groups is 1. The number of hydrogen-bond donors (Lipinski definition) is 2. The molecule has 0 bridgehead atoms. The first-order valence-corrected chi connectivity index (χ1v) is 8.61. The topological polar surface area (TPSA) is 118 Å². The summed E-state index contributed by atoms with van der Waals surface area (Å²) in [5.41, 5.74) is 0. The van der Waals surface area contributed by atoms with Gasteiger partial charge in [0, 0.05) is 18.8 Å². The molecule has 0 spiro atoms. The van der Waals surface area contributed by atoms with Crippen LogP contribution in [0, 0.1) is 0 Å². The monoisotopic (exact) mass is 369 g/mol. The minimum Gasteiger partial charge on any atom is -0.468 e. The summed E-state index contributed by atoms with van der Waals surface area (Å²) in [5, 5.41) is 4.41. The second kappa shape index (κ2) is 9.11. The molecule has 0 aromatic carbocycles. The normalized spacial score (nSPS) is 16.8. The van der Waals surface area contributed by atoms with E-state index in [9.17, 15) is 19.2 Å². The summed E-state index contributed by atoms with van der Waals surface area (Å²) < 4.78 is 9.59. The van der Waals surface area contributed by atoms with Crippen molar-refractivity contribution in [2.45, 2.75) is 5.25 Å². The van der Waals surface area contributed by atoms with Crippen molar-refractivity contribution in [3.8, 4) is 0 Å². The minimum absolute atomic E-state index is 0.101. The van der Waals surface area contributed by atoms with Gasteiger partial charge in [-0.3, -0.25) is 19.2 Å². The van der Waals surface area contributed by atoms with E-state index in [-0.39, 0.29) is 37.3 Å². The number of carbonyl (C=O) groups is 4. The summed E-state index contributed by atoms with van der Waals surface area (Å²) in [6.45, 7) is 0.283. The van der Waals surface area contributed by atoms with Gasteiger partial charge in [0.2, 0.25) is 11.8 Å². The molecular weight excluding hydrogens is 350 g/mol. The summed E-state index contributed by atoms with van der Waals surface area (Å²) >= 11 is 1.44. The number of nitrogens with zero attached hydrogens (tertiary/aromatic N) is 1. The molecule has 0 saturated carbocycles. The Morgan fingerprint density at radius 1 is 1.32 bits per heavy atom. The average Bonchev–Trinajstić information content (AvgIpc) is 3.18. The van der Waals surface area contributed by atoms with Crippen molar-refractivity contribution in [3.63, 3.8) is 0 Å². The van der Waals surface area contributed by atoms with E-state index in [0.29, 0.717) is 12.3 Å². The van der Waals surface area contributed by atoms with Crippen LogP contribution in [-0.2, 0) is 19.1 Å². The minimum atomic E-state index is -0.513. The number of hydrogen-bond acceptors (Lipinski definition) is 7. The van der Waals surface area contributed by atoms with Gasteiger partial charge in [-0.25, -0.2) is 0 Å². The molecule has 1 aromatic rings. The van der Waals surface area contributed by atoms with Crippen LogP contribution in [0.15, 0.2) is 22.8 Å². The first-order valence-electron chi connectivity index (χ1n) is 7.57. The Bertz CT molecular complexity index is 633. The highest BCUT2D eigenvalue weighted by molar-refractivity contribution is 8.00. The molecule has 0 radical (unpaired) electrons. The lowest BCUT2D eigenvalue weighted by Crippen LogP contribution is -2.49. The number of ether oxygens (including phenoxy) is 1. The zero-order valence-electron chi connectivity index (χ0n) is 13.6. The lowest BCUT2D eigenvalue weighted by atomic mass is 10.3. The maximum atomic E-state index is 12.1. The van der Waals surface area contributed by atoms with Gasteiger partial charge in [0.1, 0.15) is 5.25 Å². The molecule has 2 N–H and O–H groups in total. The quantitative estimate of drug-likeness (QED) is 0.633. The first-order chi connectivity index (χ1) is 12.0. The van der Waals surface area contributed by atoms with Gasteiger partial charge in [-0.2, -0.15) is 0 Å². The van der Waals surface area contributed by atoms with Crippen LogP contribution in [-0.4, -0.2) is 72.9 Å². The maximum Gasteiger partial charge on any atom is 0.320 e.